The van der Waals surface area contributed by atoms with Gasteiger partial charge in [-0.15, -0.1) is 0 Å². The van der Waals surface area contributed by atoms with Gasteiger partial charge in [-0.05, 0) is 53.9 Å². The van der Waals surface area contributed by atoms with E-state index >= 15 is 0 Å². The maximum Gasteiger partial charge on any atom is 0.139 e. The zero-order valence-electron chi connectivity index (χ0n) is 15.8. The van der Waals surface area contributed by atoms with E-state index in [4.69, 9.17) is 0 Å². The molecule has 1 atom stereocenters. The van der Waals surface area contributed by atoms with Gasteiger partial charge in [0.25, 0.3) is 0 Å². The lowest BCUT2D eigenvalue weighted by Crippen LogP contribution is -2.34. The quantitative estimate of drug-likeness (QED) is 0.760. The molecule has 1 aliphatic rings. The van der Waals surface area contributed by atoms with Crippen molar-refractivity contribution in [3.05, 3.63) is 71.4 Å². The minimum atomic E-state index is 0.160. The SMILES string of the molecule is C=C(C)N1CCC(C(C)(C)C)c2cc(Cc3ccccc3)cc(O)c21. The second kappa shape index (κ2) is 6.59. The smallest absolute Gasteiger partial charge is 0.139 e. The van der Waals surface area contributed by atoms with Gasteiger partial charge in [-0.2, -0.15) is 0 Å². The Morgan fingerprint density at radius 2 is 1.84 bits per heavy atom. The third-order valence-corrected chi connectivity index (χ3v) is 5.22. The van der Waals surface area contributed by atoms with Crippen LogP contribution in [0.5, 0.6) is 5.75 Å². The summed E-state index contributed by atoms with van der Waals surface area (Å²) in [5.41, 5.74) is 5.79. The van der Waals surface area contributed by atoms with Crippen LogP contribution in [0.2, 0.25) is 0 Å². The zero-order chi connectivity index (χ0) is 18.2. The molecule has 1 aliphatic heterocycles. The molecule has 2 nitrogen and oxygen atoms in total. The molecule has 1 N–H and O–H groups in total. The van der Waals surface area contributed by atoms with Crippen molar-refractivity contribution in [1.82, 2.24) is 0 Å². The zero-order valence-corrected chi connectivity index (χ0v) is 15.8. The van der Waals surface area contributed by atoms with Crippen LogP contribution in [0.15, 0.2) is 54.7 Å². The van der Waals surface area contributed by atoms with Crippen molar-refractivity contribution in [3.8, 4) is 5.75 Å². The lowest BCUT2D eigenvalue weighted by atomic mass is 9.72. The van der Waals surface area contributed by atoms with Crippen molar-refractivity contribution in [2.45, 2.75) is 46.5 Å². The van der Waals surface area contributed by atoms with Gasteiger partial charge >= 0.3 is 0 Å². The molecule has 0 amide bonds. The van der Waals surface area contributed by atoms with Crippen molar-refractivity contribution in [1.29, 1.82) is 0 Å². The van der Waals surface area contributed by atoms with E-state index in [0.717, 1.165) is 30.8 Å². The number of allylic oxidation sites excluding steroid dienone is 1. The molecule has 2 aromatic rings. The second-order valence-electron chi connectivity index (χ2n) is 8.31. The standard InChI is InChI=1S/C23H29NO/c1-16(2)24-12-11-20(23(3,4)5)19-14-18(15-21(25)22(19)24)13-17-9-7-6-8-10-17/h6-10,14-15,20,25H,1,11-13H2,2-5H3. The Balaban J connectivity index is 2.09. The van der Waals surface area contributed by atoms with E-state index in [1.165, 1.54) is 16.7 Å². The second-order valence-corrected chi connectivity index (χ2v) is 8.31. The van der Waals surface area contributed by atoms with E-state index < -0.39 is 0 Å². The number of hydrogen-bond donors (Lipinski definition) is 1. The number of phenolic OH excluding ortho intramolecular Hbond substituents is 1. The molecule has 0 saturated heterocycles. The predicted octanol–water partition coefficient (Wildman–Crippen LogP) is 5.86. The fourth-order valence-corrected chi connectivity index (χ4v) is 4.00. The summed E-state index contributed by atoms with van der Waals surface area (Å²) in [7, 11) is 0. The number of phenols is 1. The molecule has 2 heteroatoms. The van der Waals surface area contributed by atoms with Crippen molar-refractivity contribution >= 4 is 5.69 Å². The van der Waals surface area contributed by atoms with E-state index in [0.29, 0.717) is 11.7 Å². The first-order valence-electron chi connectivity index (χ1n) is 9.10. The highest BCUT2D eigenvalue weighted by atomic mass is 16.3. The van der Waals surface area contributed by atoms with Gasteiger partial charge in [-0.3, -0.25) is 0 Å². The molecule has 0 fully saturated rings. The Kier molecular flexibility index (Phi) is 4.64. The lowest BCUT2D eigenvalue weighted by molar-refractivity contribution is 0.299. The topological polar surface area (TPSA) is 23.5 Å². The molecule has 132 valence electrons. The minimum absolute atomic E-state index is 0.160. The highest BCUT2D eigenvalue weighted by Crippen LogP contribution is 2.49. The number of anilines is 1. The number of aromatic hydroxyl groups is 1. The van der Waals surface area contributed by atoms with Gasteiger partial charge in [0.2, 0.25) is 0 Å². The maximum absolute atomic E-state index is 10.8. The van der Waals surface area contributed by atoms with E-state index in [2.05, 4.69) is 62.6 Å². The number of rotatable bonds is 3. The van der Waals surface area contributed by atoms with Gasteiger partial charge in [0.15, 0.2) is 0 Å². The van der Waals surface area contributed by atoms with Gasteiger partial charge < -0.3 is 10.0 Å². The van der Waals surface area contributed by atoms with Crippen LogP contribution in [-0.4, -0.2) is 11.7 Å². The Bertz CT molecular complexity index is 771. The normalized spacial score (nSPS) is 17.3. The van der Waals surface area contributed by atoms with E-state index in [1.54, 1.807) is 0 Å². The van der Waals surface area contributed by atoms with E-state index in [1.807, 2.05) is 19.1 Å². The molecule has 0 aliphatic carbocycles. The number of fused-ring (bicyclic) bond motifs is 1. The monoisotopic (exact) mass is 335 g/mol. The summed E-state index contributed by atoms with van der Waals surface area (Å²) in [6.07, 6.45) is 1.92. The van der Waals surface area contributed by atoms with Crippen LogP contribution in [0.1, 0.15) is 56.7 Å². The summed E-state index contributed by atoms with van der Waals surface area (Å²) in [4.78, 5) is 2.17. The van der Waals surface area contributed by atoms with Crippen LogP contribution >= 0.6 is 0 Å². The summed E-state index contributed by atoms with van der Waals surface area (Å²) < 4.78 is 0. The molecule has 0 bridgehead atoms. The fourth-order valence-electron chi connectivity index (χ4n) is 4.00. The van der Waals surface area contributed by atoms with Crippen LogP contribution in [0.25, 0.3) is 0 Å². The Morgan fingerprint density at radius 1 is 1.16 bits per heavy atom. The molecule has 3 rings (SSSR count). The molecule has 25 heavy (non-hydrogen) atoms. The molecule has 1 unspecified atom stereocenters. The Hall–Kier alpha value is -2.22. The van der Waals surface area contributed by atoms with Crippen LogP contribution < -0.4 is 4.90 Å². The summed E-state index contributed by atoms with van der Waals surface area (Å²) in [6.45, 7) is 13.9. The molecule has 2 aromatic carbocycles. The first-order valence-corrected chi connectivity index (χ1v) is 9.10. The Morgan fingerprint density at radius 3 is 2.44 bits per heavy atom. The molecule has 0 radical (unpaired) electrons. The third kappa shape index (κ3) is 3.58. The van der Waals surface area contributed by atoms with E-state index in [-0.39, 0.29) is 5.41 Å². The maximum atomic E-state index is 10.8. The van der Waals surface area contributed by atoms with Gasteiger partial charge in [-0.25, -0.2) is 0 Å². The summed E-state index contributed by atoms with van der Waals surface area (Å²) >= 11 is 0. The summed E-state index contributed by atoms with van der Waals surface area (Å²) in [6, 6.07) is 14.7. The number of nitrogens with zero attached hydrogens (tertiary/aromatic N) is 1. The number of hydrogen-bond acceptors (Lipinski definition) is 2. The van der Waals surface area contributed by atoms with Gasteiger partial charge in [0.1, 0.15) is 5.75 Å². The van der Waals surface area contributed by atoms with Crippen molar-refractivity contribution in [2.24, 2.45) is 5.41 Å². The molecule has 0 saturated carbocycles. The largest absolute Gasteiger partial charge is 0.506 e. The summed E-state index contributed by atoms with van der Waals surface area (Å²) in [5, 5.41) is 10.8. The van der Waals surface area contributed by atoms with Gasteiger partial charge in [0.05, 0.1) is 5.69 Å². The molecule has 0 spiro atoms. The van der Waals surface area contributed by atoms with Gasteiger partial charge in [-0.1, -0.05) is 63.7 Å². The molecular formula is C23H29NO. The van der Waals surface area contributed by atoms with Gasteiger partial charge in [0, 0.05) is 12.2 Å². The van der Waals surface area contributed by atoms with Crippen molar-refractivity contribution in [2.75, 3.05) is 11.4 Å². The first-order chi connectivity index (χ1) is 11.8. The predicted molar refractivity (Wildman–Crippen MR) is 106 cm³/mol. The average molecular weight is 335 g/mol. The Labute approximate surface area is 151 Å². The molecule has 0 aromatic heterocycles. The number of benzene rings is 2. The first kappa shape index (κ1) is 17.6. The van der Waals surface area contributed by atoms with Crippen LogP contribution in [0.4, 0.5) is 5.69 Å². The highest BCUT2D eigenvalue weighted by Gasteiger charge is 2.35. The van der Waals surface area contributed by atoms with Crippen molar-refractivity contribution < 1.29 is 5.11 Å². The molecular weight excluding hydrogens is 306 g/mol. The minimum Gasteiger partial charge on any atom is -0.506 e. The third-order valence-electron chi connectivity index (χ3n) is 5.22. The van der Waals surface area contributed by atoms with Crippen LogP contribution in [0.3, 0.4) is 0 Å². The highest BCUT2D eigenvalue weighted by molar-refractivity contribution is 5.70. The lowest BCUT2D eigenvalue weighted by Gasteiger charge is -2.42. The van der Waals surface area contributed by atoms with Crippen LogP contribution in [-0.2, 0) is 6.42 Å². The van der Waals surface area contributed by atoms with Crippen molar-refractivity contribution in [3.63, 3.8) is 0 Å². The van der Waals surface area contributed by atoms with Crippen LogP contribution in [0, 0.1) is 5.41 Å². The summed E-state index contributed by atoms with van der Waals surface area (Å²) in [5.74, 6) is 0.806. The average Bonchev–Trinajstić information content (AvgIpc) is 2.53. The fraction of sp³-hybridized carbons (Fsp3) is 0.391. The molecule has 1 heterocycles. The van der Waals surface area contributed by atoms with E-state index in [9.17, 15) is 5.11 Å².